The largest absolute Gasteiger partial charge is 0.415 e. The Balaban J connectivity index is 1.57. The summed E-state index contributed by atoms with van der Waals surface area (Å²) in [5.74, 6) is -0.673. The summed E-state index contributed by atoms with van der Waals surface area (Å²) in [5, 5.41) is 6.95. The molecular weight excluding hydrogens is 364 g/mol. The average molecular weight is 379 g/mol. The Morgan fingerprint density at radius 3 is 2.25 bits per heavy atom. The van der Waals surface area contributed by atoms with Crippen molar-refractivity contribution < 1.29 is 13.2 Å². The zero-order valence-electron chi connectivity index (χ0n) is 14.6. The summed E-state index contributed by atoms with van der Waals surface area (Å²) < 4.78 is 31.7. The second kappa shape index (κ2) is 7.56. The third-order valence-electron chi connectivity index (χ3n) is 4.27. The van der Waals surface area contributed by atoms with Crippen molar-refractivity contribution in [3.8, 4) is 22.6 Å². The van der Waals surface area contributed by atoms with E-state index in [0.29, 0.717) is 12.1 Å². The van der Waals surface area contributed by atoms with Gasteiger partial charge in [0.05, 0.1) is 6.54 Å². The van der Waals surface area contributed by atoms with E-state index in [2.05, 4.69) is 10.2 Å². The molecule has 2 heterocycles. The molecule has 2 aromatic heterocycles. The zero-order valence-corrected chi connectivity index (χ0v) is 14.6. The highest BCUT2D eigenvalue weighted by atomic mass is 19.3. The van der Waals surface area contributed by atoms with E-state index in [9.17, 15) is 13.6 Å². The molecule has 0 amide bonds. The number of alkyl halides is 2. The number of pyridine rings is 1. The predicted octanol–water partition coefficient (Wildman–Crippen LogP) is 4.55. The van der Waals surface area contributed by atoms with E-state index in [1.165, 1.54) is 0 Å². The van der Waals surface area contributed by atoms with Crippen molar-refractivity contribution in [2.24, 2.45) is 0 Å². The van der Waals surface area contributed by atoms with Gasteiger partial charge in [-0.3, -0.25) is 4.79 Å². The molecule has 4 rings (SSSR count). The van der Waals surface area contributed by atoms with Crippen molar-refractivity contribution in [3.05, 3.63) is 94.7 Å². The summed E-state index contributed by atoms with van der Waals surface area (Å²) in [4.78, 5) is 12.2. The maximum Gasteiger partial charge on any atom is 0.314 e. The standard InChI is InChI=1S/C21H15F2N3O2/c22-19(23)21-25-24-20(28-21)16-8-6-14(7-9-16)12-26-13-17(10-11-18(26)27)15-4-2-1-3-5-15/h1-11,13,19H,12H2. The van der Waals surface area contributed by atoms with Gasteiger partial charge in [-0.25, -0.2) is 0 Å². The van der Waals surface area contributed by atoms with Crippen LogP contribution in [0.25, 0.3) is 22.6 Å². The number of hydrogen-bond acceptors (Lipinski definition) is 4. The van der Waals surface area contributed by atoms with Crippen LogP contribution in [-0.2, 0) is 6.54 Å². The average Bonchev–Trinajstić information content (AvgIpc) is 3.21. The van der Waals surface area contributed by atoms with Crippen LogP contribution in [-0.4, -0.2) is 14.8 Å². The highest BCUT2D eigenvalue weighted by Gasteiger charge is 2.16. The first-order valence-electron chi connectivity index (χ1n) is 8.57. The molecule has 0 bridgehead atoms. The lowest BCUT2D eigenvalue weighted by Crippen LogP contribution is -2.19. The van der Waals surface area contributed by atoms with E-state index < -0.39 is 12.3 Å². The maximum atomic E-state index is 12.6. The van der Waals surface area contributed by atoms with Gasteiger partial charge in [0.25, 0.3) is 11.4 Å². The number of halogens is 2. The number of nitrogens with zero attached hydrogens (tertiary/aromatic N) is 3. The molecule has 0 N–H and O–H groups in total. The Bertz CT molecular complexity index is 1140. The smallest absolute Gasteiger partial charge is 0.314 e. The van der Waals surface area contributed by atoms with Crippen LogP contribution in [0.1, 0.15) is 17.9 Å². The van der Waals surface area contributed by atoms with Crippen molar-refractivity contribution in [1.29, 1.82) is 0 Å². The molecule has 0 atom stereocenters. The van der Waals surface area contributed by atoms with Crippen LogP contribution in [0.5, 0.6) is 0 Å². The van der Waals surface area contributed by atoms with Crippen molar-refractivity contribution in [2.45, 2.75) is 13.0 Å². The van der Waals surface area contributed by atoms with Gasteiger partial charge in [0.1, 0.15) is 0 Å². The van der Waals surface area contributed by atoms with Gasteiger partial charge in [0.15, 0.2) is 0 Å². The molecule has 0 fully saturated rings. The molecule has 7 heteroatoms. The van der Waals surface area contributed by atoms with Gasteiger partial charge in [-0.15, -0.1) is 10.2 Å². The third kappa shape index (κ3) is 3.73. The fourth-order valence-corrected chi connectivity index (χ4v) is 2.85. The Hall–Kier alpha value is -3.61. The van der Waals surface area contributed by atoms with Gasteiger partial charge in [0.2, 0.25) is 5.89 Å². The van der Waals surface area contributed by atoms with Gasteiger partial charge in [-0.1, -0.05) is 42.5 Å². The lowest BCUT2D eigenvalue weighted by atomic mass is 10.1. The quantitative estimate of drug-likeness (QED) is 0.510. The highest BCUT2D eigenvalue weighted by Crippen LogP contribution is 2.23. The van der Waals surface area contributed by atoms with E-state index in [0.717, 1.165) is 16.7 Å². The highest BCUT2D eigenvalue weighted by molar-refractivity contribution is 5.62. The van der Waals surface area contributed by atoms with Crippen LogP contribution in [0.3, 0.4) is 0 Å². The molecule has 0 unspecified atom stereocenters. The summed E-state index contributed by atoms with van der Waals surface area (Å²) in [5.41, 5.74) is 3.28. The summed E-state index contributed by atoms with van der Waals surface area (Å²) in [6.45, 7) is 0.381. The minimum absolute atomic E-state index is 0.0325. The van der Waals surface area contributed by atoms with Crippen LogP contribution >= 0.6 is 0 Å². The molecule has 140 valence electrons. The molecular formula is C21H15F2N3O2. The van der Waals surface area contributed by atoms with Gasteiger partial charge in [0, 0.05) is 17.8 Å². The second-order valence-corrected chi connectivity index (χ2v) is 6.19. The number of aromatic nitrogens is 3. The fourth-order valence-electron chi connectivity index (χ4n) is 2.85. The first-order chi connectivity index (χ1) is 13.6. The van der Waals surface area contributed by atoms with Crippen LogP contribution in [0.4, 0.5) is 8.78 Å². The number of benzene rings is 2. The Kier molecular flexibility index (Phi) is 4.80. The molecule has 2 aromatic carbocycles. The molecule has 0 aliphatic carbocycles. The SMILES string of the molecule is O=c1ccc(-c2ccccc2)cn1Cc1ccc(-c2nnc(C(F)F)o2)cc1. The van der Waals surface area contributed by atoms with E-state index in [-0.39, 0.29) is 11.4 Å². The second-order valence-electron chi connectivity index (χ2n) is 6.19. The molecule has 5 nitrogen and oxygen atoms in total. The van der Waals surface area contributed by atoms with Gasteiger partial charge in [-0.2, -0.15) is 8.78 Å². The Morgan fingerprint density at radius 2 is 1.57 bits per heavy atom. The van der Waals surface area contributed by atoms with Crippen molar-refractivity contribution in [2.75, 3.05) is 0 Å². The molecule has 0 aliphatic rings. The van der Waals surface area contributed by atoms with E-state index in [1.807, 2.05) is 36.5 Å². The predicted molar refractivity (Wildman–Crippen MR) is 99.9 cm³/mol. The Morgan fingerprint density at radius 1 is 0.857 bits per heavy atom. The monoisotopic (exact) mass is 379 g/mol. The lowest BCUT2D eigenvalue weighted by Gasteiger charge is -2.09. The first kappa shape index (κ1) is 17.8. The third-order valence-corrected chi connectivity index (χ3v) is 4.27. The molecule has 28 heavy (non-hydrogen) atoms. The topological polar surface area (TPSA) is 60.9 Å². The van der Waals surface area contributed by atoms with E-state index in [1.54, 1.807) is 41.0 Å². The van der Waals surface area contributed by atoms with Gasteiger partial charge in [-0.05, 0) is 34.9 Å². The lowest BCUT2D eigenvalue weighted by molar-refractivity contribution is 0.116. The van der Waals surface area contributed by atoms with Crippen LogP contribution < -0.4 is 5.56 Å². The van der Waals surface area contributed by atoms with Gasteiger partial charge < -0.3 is 8.98 Å². The van der Waals surface area contributed by atoms with E-state index in [4.69, 9.17) is 4.42 Å². The molecule has 4 aromatic rings. The molecule has 0 radical (unpaired) electrons. The van der Waals surface area contributed by atoms with Crippen molar-refractivity contribution >= 4 is 0 Å². The van der Waals surface area contributed by atoms with Gasteiger partial charge >= 0.3 is 6.43 Å². The van der Waals surface area contributed by atoms with Crippen LogP contribution in [0.2, 0.25) is 0 Å². The minimum atomic E-state index is -2.80. The molecule has 0 saturated heterocycles. The Labute approximate surface area is 158 Å². The fraction of sp³-hybridized carbons (Fsp3) is 0.0952. The number of hydrogen-bond donors (Lipinski definition) is 0. The normalized spacial score (nSPS) is 11.1. The summed E-state index contributed by atoms with van der Waals surface area (Å²) in [7, 11) is 0. The molecule has 0 spiro atoms. The molecule has 0 saturated carbocycles. The summed E-state index contributed by atoms with van der Waals surface area (Å²) >= 11 is 0. The molecule has 0 aliphatic heterocycles. The van der Waals surface area contributed by atoms with Crippen molar-refractivity contribution in [3.63, 3.8) is 0 Å². The van der Waals surface area contributed by atoms with Crippen LogP contribution in [0.15, 0.2) is 82.1 Å². The summed E-state index contributed by atoms with van der Waals surface area (Å²) in [6.07, 6.45) is -0.984. The van der Waals surface area contributed by atoms with E-state index >= 15 is 0 Å². The van der Waals surface area contributed by atoms with Crippen molar-refractivity contribution in [1.82, 2.24) is 14.8 Å². The number of rotatable bonds is 5. The van der Waals surface area contributed by atoms with Crippen LogP contribution in [0, 0.1) is 0 Å². The minimum Gasteiger partial charge on any atom is -0.415 e. The zero-order chi connectivity index (χ0) is 19.5. The summed E-state index contributed by atoms with van der Waals surface area (Å²) in [6, 6.07) is 20.1. The first-order valence-corrected chi connectivity index (χ1v) is 8.57. The maximum absolute atomic E-state index is 12.6.